The van der Waals surface area contributed by atoms with Gasteiger partial charge >= 0.3 is 0 Å². The van der Waals surface area contributed by atoms with E-state index in [0.29, 0.717) is 12.5 Å². The SMILES string of the molecule is COc1c(C(=O)Nc2ccccc2O)nc(N2CCc3ccccc3C2c2ccccc2)n(C)c1=O. The Labute approximate surface area is 208 Å². The standard InChI is InChI=1S/C28H26N4O4/c1-31-27(35)25(36-2)23(26(34)29-21-14-8-9-15-22(21)33)30-28(31)32-17-16-18-10-6-7-13-20(18)24(32)19-11-4-3-5-12-19/h3-15,24,33H,16-17H2,1-2H3,(H,29,34). The van der Waals surface area contributed by atoms with Crippen molar-refractivity contribution < 1.29 is 14.6 Å². The van der Waals surface area contributed by atoms with Gasteiger partial charge in [-0.25, -0.2) is 4.98 Å². The molecule has 0 radical (unpaired) electrons. The molecule has 8 nitrogen and oxygen atoms in total. The van der Waals surface area contributed by atoms with Crippen LogP contribution in [0.3, 0.4) is 0 Å². The van der Waals surface area contributed by atoms with Crippen molar-refractivity contribution >= 4 is 17.5 Å². The number of hydrogen-bond donors (Lipinski definition) is 2. The summed E-state index contributed by atoms with van der Waals surface area (Å²) >= 11 is 0. The smallest absolute Gasteiger partial charge is 0.297 e. The van der Waals surface area contributed by atoms with E-state index in [1.54, 1.807) is 25.2 Å². The molecule has 1 aromatic heterocycles. The van der Waals surface area contributed by atoms with Gasteiger partial charge in [-0.05, 0) is 35.2 Å². The zero-order chi connectivity index (χ0) is 25.2. The lowest BCUT2D eigenvalue weighted by atomic mass is 9.88. The second-order valence-corrected chi connectivity index (χ2v) is 8.58. The Kier molecular flexibility index (Phi) is 6.16. The molecule has 36 heavy (non-hydrogen) atoms. The molecule has 1 amide bonds. The van der Waals surface area contributed by atoms with E-state index in [1.165, 1.54) is 23.3 Å². The van der Waals surface area contributed by atoms with Gasteiger partial charge in [-0.3, -0.25) is 14.2 Å². The predicted octanol–water partition coefficient (Wildman–Crippen LogP) is 3.90. The average molecular weight is 483 g/mol. The first kappa shape index (κ1) is 23.2. The van der Waals surface area contributed by atoms with Crippen molar-refractivity contribution in [3.63, 3.8) is 0 Å². The Morgan fingerprint density at radius 1 is 1.03 bits per heavy atom. The molecular formula is C28H26N4O4. The number of aromatic nitrogens is 2. The largest absolute Gasteiger partial charge is 0.506 e. The number of aromatic hydroxyl groups is 1. The molecule has 4 aromatic rings. The molecule has 1 aliphatic heterocycles. The monoisotopic (exact) mass is 482 g/mol. The highest BCUT2D eigenvalue weighted by Crippen LogP contribution is 2.37. The third-order valence-corrected chi connectivity index (χ3v) is 6.45. The summed E-state index contributed by atoms with van der Waals surface area (Å²) in [5, 5.41) is 12.7. The summed E-state index contributed by atoms with van der Waals surface area (Å²) in [5.74, 6) is -0.555. The molecule has 0 saturated heterocycles. The highest BCUT2D eigenvalue weighted by atomic mass is 16.5. The van der Waals surface area contributed by atoms with E-state index in [1.807, 2.05) is 42.5 Å². The van der Waals surface area contributed by atoms with Gasteiger partial charge < -0.3 is 20.1 Å². The van der Waals surface area contributed by atoms with Gasteiger partial charge in [0.05, 0.1) is 18.8 Å². The lowest BCUT2D eigenvalue weighted by Gasteiger charge is -2.39. The van der Waals surface area contributed by atoms with Gasteiger partial charge in [0.15, 0.2) is 5.69 Å². The number of carbonyl (C=O) groups excluding carboxylic acids is 1. The van der Waals surface area contributed by atoms with Crippen LogP contribution in [0.2, 0.25) is 0 Å². The summed E-state index contributed by atoms with van der Waals surface area (Å²) in [7, 11) is 2.96. The first-order chi connectivity index (χ1) is 17.5. The van der Waals surface area contributed by atoms with Crippen LogP contribution in [0.5, 0.6) is 11.5 Å². The number of nitrogens with one attached hydrogen (secondary N) is 1. The van der Waals surface area contributed by atoms with E-state index < -0.39 is 11.5 Å². The fourth-order valence-electron chi connectivity index (χ4n) is 4.70. The van der Waals surface area contributed by atoms with Crippen molar-refractivity contribution in [3.8, 4) is 11.5 Å². The zero-order valence-corrected chi connectivity index (χ0v) is 20.0. The number of phenols is 1. The Morgan fingerprint density at radius 2 is 1.72 bits per heavy atom. The van der Waals surface area contributed by atoms with E-state index in [-0.39, 0.29) is 28.9 Å². The number of ether oxygens (including phenoxy) is 1. The third-order valence-electron chi connectivity index (χ3n) is 6.45. The molecule has 5 rings (SSSR count). The van der Waals surface area contributed by atoms with Crippen LogP contribution in [0.1, 0.15) is 33.2 Å². The molecule has 2 heterocycles. The summed E-state index contributed by atoms with van der Waals surface area (Å²) < 4.78 is 6.73. The van der Waals surface area contributed by atoms with Gasteiger partial charge in [0.25, 0.3) is 11.5 Å². The minimum atomic E-state index is -0.652. The van der Waals surface area contributed by atoms with Gasteiger partial charge in [0.1, 0.15) is 5.75 Å². The van der Waals surface area contributed by atoms with Gasteiger partial charge in [-0.1, -0.05) is 66.7 Å². The summed E-state index contributed by atoms with van der Waals surface area (Å²) in [4.78, 5) is 33.3. The Bertz CT molecular complexity index is 1480. The number of rotatable bonds is 5. The van der Waals surface area contributed by atoms with Crippen molar-refractivity contribution in [2.75, 3.05) is 23.9 Å². The number of carbonyl (C=O) groups is 1. The highest BCUT2D eigenvalue weighted by molar-refractivity contribution is 6.05. The van der Waals surface area contributed by atoms with E-state index in [2.05, 4.69) is 27.3 Å². The minimum absolute atomic E-state index is 0.0920. The summed E-state index contributed by atoms with van der Waals surface area (Å²) in [6.45, 7) is 0.601. The summed E-state index contributed by atoms with van der Waals surface area (Å²) in [6.07, 6.45) is 0.765. The number of fused-ring (bicyclic) bond motifs is 1. The summed E-state index contributed by atoms with van der Waals surface area (Å²) in [5.41, 5.74) is 3.00. The maximum absolute atomic E-state index is 13.3. The molecule has 0 bridgehead atoms. The van der Waals surface area contributed by atoms with Crippen LogP contribution in [0.25, 0.3) is 0 Å². The van der Waals surface area contributed by atoms with Crippen LogP contribution in [0.4, 0.5) is 11.6 Å². The Morgan fingerprint density at radius 3 is 2.47 bits per heavy atom. The van der Waals surface area contributed by atoms with Crippen molar-refractivity contribution in [2.24, 2.45) is 7.05 Å². The molecule has 0 aliphatic carbocycles. The Balaban J connectivity index is 1.64. The summed E-state index contributed by atoms with van der Waals surface area (Å²) in [6, 6.07) is 24.4. The normalized spacial score (nSPS) is 14.7. The number of nitrogens with zero attached hydrogens (tertiary/aromatic N) is 3. The van der Waals surface area contributed by atoms with Gasteiger partial charge in [-0.15, -0.1) is 0 Å². The molecule has 182 valence electrons. The lowest BCUT2D eigenvalue weighted by Crippen LogP contribution is -2.41. The first-order valence-corrected chi connectivity index (χ1v) is 11.6. The lowest BCUT2D eigenvalue weighted by molar-refractivity contribution is 0.101. The predicted molar refractivity (Wildman–Crippen MR) is 138 cm³/mol. The van der Waals surface area contributed by atoms with Crippen LogP contribution < -0.4 is 20.5 Å². The van der Waals surface area contributed by atoms with Crippen molar-refractivity contribution in [1.29, 1.82) is 0 Å². The number of methoxy groups -OCH3 is 1. The fourth-order valence-corrected chi connectivity index (χ4v) is 4.70. The van der Waals surface area contributed by atoms with Crippen LogP contribution >= 0.6 is 0 Å². The first-order valence-electron chi connectivity index (χ1n) is 11.6. The van der Waals surface area contributed by atoms with Gasteiger partial charge in [0.2, 0.25) is 11.7 Å². The maximum Gasteiger partial charge on any atom is 0.297 e. The van der Waals surface area contributed by atoms with Crippen LogP contribution in [0, 0.1) is 0 Å². The van der Waals surface area contributed by atoms with E-state index in [0.717, 1.165) is 17.5 Å². The van der Waals surface area contributed by atoms with Crippen molar-refractivity contribution in [2.45, 2.75) is 12.5 Å². The molecular weight excluding hydrogens is 456 g/mol. The Hall–Kier alpha value is -4.59. The molecule has 1 aliphatic rings. The molecule has 3 aromatic carbocycles. The van der Waals surface area contributed by atoms with Crippen molar-refractivity contribution in [1.82, 2.24) is 9.55 Å². The molecule has 1 atom stereocenters. The van der Waals surface area contributed by atoms with Gasteiger partial charge in [0, 0.05) is 13.6 Å². The van der Waals surface area contributed by atoms with Crippen molar-refractivity contribution in [3.05, 3.63) is 112 Å². The number of benzene rings is 3. The number of hydrogen-bond acceptors (Lipinski definition) is 6. The average Bonchev–Trinajstić information content (AvgIpc) is 2.91. The van der Waals surface area contributed by atoms with Crippen LogP contribution in [-0.2, 0) is 13.5 Å². The number of para-hydroxylation sites is 2. The van der Waals surface area contributed by atoms with E-state index in [4.69, 9.17) is 4.74 Å². The maximum atomic E-state index is 13.3. The molecule has 0 saturated carbocycles. The molecule has 0 spiro atoms. The molecule has 8 heteroatoms. The second kappa shape index (κ2) is 9.58. The molecule has 2 N–H and O–H groups in total. The zero-order valence-electron chi connectivity index (χ0n) is 20.0. The number of phenolic OH excluding ortho intramolecular Hbond substituents is 1. The topological polar surface area (TPSA) is 96.7 Å². The fraction of sp³-hybridized carbons (Fsp3) is 0.179. The van der Waals surface area contributed by atoms with Crippen LogP contribution in [-0.4, -0.2) is 34.2 Å². The van der Waals surface area contributed by atoms with Gasteiger partial charge in [-0.2, -0.15) is 0 Å². The highest BCUT2D eigenvalue weighted by Gasteiger charge is 2.33. The quantitative estimate of drug-likeness (QED) is 0.419. The van der Waals surface area contributed by atoms with E-state index in [9.17, 15) is 14.7 Å². The minimum Gasteiger partial charge on any atom is -0.506 e. The number of amides is 1. The molecule has 0 fully saturated rings. The van der Waals surface area contributed by atoms with Crippen LogP contribution in [0.15, 0.2) is 83.7 Å². The molecule has 1 unspecified atom stereocenters. The number of anilines is 2. The van der Waals surface area contributed by atoms with E-state index >= 15 is 0 Å². The third kappa shape index (κ3) is 4.07. The second-order valence-electron chi connectivity index (χ2n) is 8.58.